The molecular weight excluding hydrogens is 242 g/mol. The normalized spacial score (nSPS) is 9.95. The predicted molar refractivity (Wildman–Crippen MR) is 74.5 cm³/mol. The van der Waals surface area contributed by atoms with Crippen molar-refractivity contribution in [3.8, 4) is 0 Å². The molecule has 0 spiro atoms. The molecular formula is C14H19N3O2. The van der Waals surface area contributed by atoms with Crippen molar-refractivity contribution in [3.63, 3.8) is 0 Å². The molecule has 0 aliphatic rings. The first-order valence-corrected chi connectivity index (χ1v) is 5.99. The van der Waals surface area contributed by atoms with E-state index in [1.807, 2.05) is 0 Å². The van der Waals surface area contributed by atoms with E-state index in [9.17, 15) is 9.59 Å². The molecule has 0 radical (unpaired) electrons. The Bertz CT molecular complexity index is 454. The molecule has 0 aromatic heterocycles. The summed E-state index contributed by atoms with van der Waals surface area (Å²) < 4.78 is 0. The molecule has 2 amide bonds. The van der Waals surface area contributed by atoms with Crippen molar-refractivity contribution in [2.75, 3.05) is 20.1 Å². The third-order valence-electron chi connectivity index (χ3n) is 2.65. The lowest BCUT2D eigenvalue weighted by molar-refractivity contribution is -0.129. The van der Waals surface area contributed by atoms with Crippen molar-refractivity contribution in [1.29, 1.82) is 0 Å². The van der Waals surface area contributed by atoms with Gasteiger partial charge < -0.3 is 16.0 Å². The van der Waals surface area contributed by atoms with Crippen LogP contribution in [0, 0.1) is 0 Å². The van der Waals surface area contributed by atoms with E-state index in [1.54, 1.807) is 42.3 Å². The first-order valence-electron chi connectivity index (χ1n) is 5.99. The van der Waals surface area contributed by atoms with Crippen molar-refractivity contribution in [3.05, 3.63) is 48.0 Å². The van der Waals surface area contributed by atoms with Crippen molar-refractivity contribution < 1.29 is 9.59 Å². The van der Waals surface area contributed by atoms with E-state index in [1.165, 1.54) is 0 Å². The SMILES string of the molecule is C=CCNCC(=O)N(C)Cc1ccc(C(N)=O)cc1. The van der Waals surface area contributed by atoms with Gasteiger partial charge in [-0.2, -0.15) is 0 Å². The maximum absolute atomic E-state index is 11.8. The highest BCUT2D eigenvalue weighted by atomic mass is 16.2. The Morgan fingerprint density at radius 2 is 2.00 bits per heavy atom. The zero-order valence-electron chi connectivity index (χ0n) is 11.1. The molecule has 0 atom stereocenters. The summed E-state index contributed by atoms with van der Waals surface area (Å²) in [5.74, 6) is -0.453. The molecule has 5 heteroatoms. The molecule has 0 aliphatic heterocycles. The maximum Gasteiger partial charge on any atom is 0.248 e. The van der Waals surface area contributed by atoms with Gasteiger partial charge in [0.05, 0.1) is 6.54 Å². The highest BCUT2D eigenvalue weighted by Crippen LogP contribution is 2.06. The van der Waals surface area contributed by atoms with E-state index in [0.717, 1.165) is 5.56 Å². The van der Waals surface area contributed by atoms with Crippen molar-refractivity contribution in [1.82, 2.24) is 10.2 Å². The molecule has 0 fully saturated rings. The summed E-state index contributed by atoms with van der Waals surface area (Å²) in [6.07, 6.45) is 1.70. The number of carbonyl (C=O) groups is 2. The quantitative estimate of drug-likeness (QED) is 0.555. The molecule has 1 aromatic carbocycles. The van der Waals surface area contributed by atoms with Crippen molar-refractivity contribution >= 4 is 11.8 Å². The minimum Gasteiger partial charge on any atom is -0.366 e. The lowest BCUT2D eigenvalue weighted by atomic mass is 10.1. The minimum atomic E-state index is -0.454. The second-order valence-corrected chi connectivity index (χ2v) is 4.23. The highest BCUT2D eigenvalue weighted by Gasteiger charge is 2.08. The smallest absolute Gasteiger partial charge is 0.248 e. The van der Waals surface area contributed by atoms with Gasteiger partial charge in [0.25, 0.3) is 0 Å². The largest absolute Gasteiger partial charge is 0.366 e. The lowest BCUT2D eigenvalue weighted by Gasteiger charge is -2.17. The highest BCUT2D eigenvalue weighted by molar-refractivity contribution is 5.92. The van der Waals surface area contributed by atoms with Crippen LogP contribution in [0.5, 0.6) is 0 Å². The number of hydrogen-bond donors (Lipinski definition) is 2. The number of nitrogens with two attached hydrogens (primary N) is 1. The Labute approximate surface area is 113 Å². The van der Waals surface area contributed by atoms with Crippen molar-refractivity contribution in [2.45, 2.75) is 6.54 Å². The maximum atomic E-state index is 11.8. The Kier molecular flexibility index (Phi) is 5.75. The van der Waals surface area contributed by atoms with Crippen LogP contribution in [0.25, 0.3) is 0 Å². The van der Waals surface area contributed by atoms with Gasteiger partial charge in [-0.25, -0.2) is 0 Å². The first kappa shape index (κ1) is 14.9. The fourth-order valence-electron chi connectivity index (χ4n) is 1.55. The van der Waals surface area contributed by atoms with Crippen LogP contribution in [-0.2, 0) is 11.3 Å². The molecule has 0 heterocycles. The molecule has 0 unspecified atom stereocenters. The Balaban J connectivity index is 2.51. The molecule has 102 valence electrons. The minimum absolute atomic E-state index is 0.000766. The number of nitrogens with one attached hydrogen (secondary N) is 1. The predicted octanol–water partition coefficient (Wildman–Crippen LogP) is 0.519. The molecule has 1 aromatic rings. The Hall–Kier alpha value is -2.14. The van der Waals surface area contributed by atoms with Crippen molar-refractivity contribution in [2.24, 2.45) is 5.73 Å². The summed E-state index contributed by atoms with van der Waals surface area (Å²) in [4.78, 5) is 24.3. The number of likely N-dealkylation sites (N-methyl/N-ethyl adjacent to an activating group) is 1. The van der Waals surface area contributed by atoms with Gasteiger partial charge in [-0.15, -0.1) is 6.58 Å². The Morgan fingerprint density at radius 1 is 1.37 bits per heavy atom. The number of carbonyl (C=O) groups excluding carboxylic acids is 2. The van der Waals surface area contributed by atoms with E-state index in [-0.39, 0.29) is 12.5 Å². The van der Waals surface area contributed by atoms with Gasteiger partial charge >= 0.3 is 0 Å². The third-order valence-corrected chi connectivity index (χ3v) is 2.65. The molecule has 5 nitrogen and oxygen atoms in total. The number of rotatable bonds is 7. The van der Waals surface area contributed by atoms with Gasteiger partial charge in [0.2, 0.25) is 11.8 Å². The van der Waals surface area contributed by atoms with Gasteiger partial charge in [0.1, 0.15) is 0 Å². The van der Waals surface area contributed by atoms with Crippen LogP contribution in [-0.4, -0.2) is 36.9 Å². The van der Waals surface area contributed by atoms with Gasteiger partial charge in [-0.05, 0) is 17.7 Å². The third kappa shape index (κ3) is 4.93. The average Bonchev–Trinajstić information content (AvgIpc) is 2.39. The molecule has 1 rings (SSSR count). The molecule has 0 saturated carbocycles. The van der Waals surface area contributed by atoms with Gasteiger partial charge in [0, 0.05) is 25.7 Å². The number of primary amides is 1. The van der Waals surface area contributed by atoms with E-state index in [0.29, 0.717) is 18.7 Å². The number of amides is 2. The van der Waals surface area contributed by atoms with Crippen LogP contribution < -0.4 is 11.1 Å². The van der Waals surface area contributed by atoms with E-state index in [2.05, 4.69) is 11.9 Å². The summed E-state index contributed by atoms with van der Waals surface area (Å²) >= 11 is 0. The molecule has 19 heavy (non-hydrogen) atoms. The van der Waals surface area contributed by atoms with E-state index >= 15 is 0 Å². The van der Waals surface area contributed by atoms with Crippen LogP contribution in [0.2, 0.25) is 0 Å². The summed E-state index contributed by atoms with van der Waals surface area (Å²) in [5, 5.41) is 2.96. The zero-order valence-corrected chi connectivity index (χ0v) is 11.1. The molecule has 0 bridgehead atoms. The molecule has 3 N–H and O–H groups in total. The lowest BCUT2D eigenvalue weighted by Crippen LogP contribution is -2.35. The van der Waals surface area contributed by atoms with Crippen LogP contribution in [0.15, 0.2) is 36.9 Å². The molecule has 0 aliphatic carbocycles. The number of hydrogen-bond acceptors (Lipinski definition) is 3. The van der Waals surface area contributed by atoms with Gasteiger partial charge in [-0.1, -0.05) is 18.2 Å². The average molecular weight is 261 g/mol. The topological polar surface area (TPSA) is 75.4 Å². The van der Waals surface area contributed by atoms with Crippen LogP contribution in [0.4, 0.5) is 0 Å². The van der Waals surface area contributed by atoms with E-state index in [4.69, 9.17) is 5.73 Å². The fourth-order valence-corrected chi connectivity index (χ4v) is 1.55. The standard InChI is InChI=1S/C14H19N3O2/c1-3-8-16-9-13(18)17(2)10-11-4-6-12(7-5-11)14(15)19/h3-7,16H,1,8-10H2,2H3,(H2,15,19). The summed E-state index contributed by atoms with van der Waals surface area (Å²) in [6.45, 7) is 4.94. The monoisotopic (exact) mass is 261 g/mol. The Morgan fingerprint density at radius 3 is 2.53 bits per heavy atom. The summed E-state index contributed by atoms with van der Waals surface area (Å²) in [5.41, 5.74) is 6.57. The van der Waals surface area contributed by atoms with Gasteiger partial charge in [0.15, 0.2) is 0 Å². The zero-order chi connectivity index (χ0) is 14.3. The van der Waals surface area contributed by atoms with Gasteiger partial charge in [-0.3, -0.25) is 9.59 Å². The second-order valence-electron chi connectivity index (χ2n) is 4.23. The molecule has 0 saturated heterocycles. The fraction of sp³-hybridized carbons (Fsp3) is 0.286. The van der Waals surface area contributed by atoms with E-state index < -0.39 is 5.91 Å². The summed E-state index contributed by atoms with van der Waals surface area (Å²) in [6, 6.07) is 6.90. The van der Waals surface area contributed by atoms with Crippen LogP contribution in [0.1, 0.15) is 15.9 Å². The summed E-state index contributed by atoms with van der Waals surface area (Å²) in [7, 11) is 1.74. The second kappa shape index (κ2) is 7.33. The van der Waals surface area contributed by atoms with Crippen LogP contribution in [0.3, 0.4) is 0 Å². The number of benzene rings is 1. The van der Waals surface area contributed by atoms with Crippen LogP contribution >= 0.6 is 0 Å². The number of nitrogens with zero attached hydrogens (tertiary/aromatic N) is 1. The first-order chi connectivity index (χ1) is 9.04.